The SMILES string of the molecule is Cc1ccc2c(C[NH2+][C@H]3CCCc4ccccc43)cc(=O)oc2c1C. The van der Waals surface area contributed by atoms with Crippen molar-refractivity contribution in [2.75, 3.05) is 0 Å². The molecular weight excluding hydrogens is 310 g/mol. The average molecular weight is 334 g/mol. The van der Waals surface area contributed by atoms with Crippen molar-refractivity contribution in [2.45, 2.75) is 45.7 Å². The molecule has 3 heteroatoms. The molecule has 2 N–H and O–H groups in total. The van der Waals surface area contributed by atoms with Crippen molar-refractivity contribution in [2.24, 2.45) is 0 Å². The molecule has 0 saturated heterocycles. The van der Waals surface area contributed by atoms with Crippen LogP contribution in [0.25, 0.3) is 11.0 Å². The molecule has 0 amide bonds. The smallest absolute Gasteiger partial charge is 0.336 e. The summed E-state index contributed by atoms with van der Waals surface area (Å²) >= 11 is 0. The summed E-state index contributed by atoms with van der Waals surface area (Å²) in [4.78, 5) is 12.0. The Bertz CT molecular complexity index is 987. The van der Waals surface area contributed by atoms with E-state index in [2.05, 4.69) is 41.7 Å². The highest BCUT2D eigenvalue weighted by Crippen LogP contribution is 2.27. The van der Waals surface area contributed by atoms with Crippen molar-refractivity contribution in [3.05, 3.63) is 80.7 Å². The first-order valence-corrected chi connectivity index (χ1v) is 9.07. The van der Waals surface area contributed by atoms with Crippen LogP contribution < -0.4 is 10.9 Å². The molecule has 1 atom stereocenters. The minimum Gasteiger partial charge on any atom is -0.422 e. The maximum absolute atomic E-state index is 12.0. The highest BCUT2D eigenvalue weighted by atomic mass is 16.4. The standard InChI is InChI=1S/C22H23NO2/c1-14-10-11-19-17(12-21(24)25-22(19)15(14)2)13-23-20-9-5-7-16-6-3-4-8-18(16)20/h3-4,6,8,10-12,20,23H,5,7,9,13H2,1-2H3/p+1/t20-/m0/s1. The van der Waals surface area contributed by atoms with Crippen molar-refractivity contribution in [3.63, 3.8) is 0 Å². The van der Waals surface area contributed by atoms with E-state index in [0.717, 1.165) is 34.2 Å². The van der Waals surface area contributed by atoms with Crippen molar-refractivity contribution < 1.29 is 9.73 Å². The number of aryl methyl sites for hydroxylation is 3. The fourth-order valence-electron chi connectivity index (χ4n) is 4.00. The molecule has 25 heavy (non-hydrogen) atoms. The first-order valence-electron chi connectivity index (χ1n) is 9.07. The molecule has 0 unspecified atom stereocenters. The molecule has 1 heterocycles. The van der Waals surface area contributed by atoms with E-state index in [-0.39, 0.29) is 5.63 Å². The second-order valence-electron chi connectivity index (χ2n) is 7.11. The van der Waals surface area contributed by atoms with Gasteiger partial charge in [0.05, 0.1) is 0 Å². The van der Waals surface area contributed by atoms with Gasteiger partial charge in [0.25, 0.3) is 0 Å². The van der Waals surface area contributed by atoms with Crippen LogP contribution in [-0.2, 0) is 13.0 Å². The monoisotopic (exact) mass is 334 g/mol. The quantitative estimate of drug-likeness (QED) is 0.745. The van der Waals surface area contributed by atoms with Crippen molar-refractivity contribution in [3.8, 4) is 0 Å². The van der Waals surface area contributed by atoms with E-state index in [1.165, 1.54) is 30.4 Å². The number of benzene rings is 2. The Balaban J connectivity index is 1.66. The van der Waals surface area contributed by atoms with Crippen molar-refractivity contribution in [1.82, 2.24) is 0 Å². The van der Waals surface area contributed by atoms with Crippen LogP contribution >= 0.6 is 0 Å². The van der Waals surface area contributed by atoms with Crippen molar-refractivity contribution >= 4 is 11.0 Å². The third kappa shape index (κ3) is 3.00. The van der Waals surface area contributed by atoms with E-state index in [1.54, 1.807) is 6.07 Å². The number of fused-ring (bicyclic) bond motifs is 2. The Labute approximate surface area is 147 Å². The second-order valence-corrected chi connectivity index (χ2v) is 7.11. The molecule has 0 aliphatic heterocycles. The lowest BCUT2D eigenvalue weighted by Gasteiger charge is -2.23. The largest absolute Gasteiger partial charge is 0.422 e. The highest BCUT2D eigenvalue weighted by molar-refractivity contribution is 5.83. The Morgan fingerprint density at radius 3 is 2.88 bits per heavy atom. The predicted molar refractivity (Wildman–Crippen MR) is 99.7 cm³/mol. The molecule has 0 bridgehead atoms. The van der Waals surface area contributed by atoms with Crippen molar-refractivity contribution in [1.29, 1.82) is 0 Å². The zero-order chi connectivity index (χ0) is 17.4. The summed E-state index contributed by atoms with van der Waals surface area (Å²) < 4.78 is 5.49. The van der Waals surface area contributed by atoms with Gasteiger partial charge in [0, 0.05) is 29.0 Å². The molecule has 1 aliphatic carbocycles. The third-order valence-electron chi connectivity index (χ3n) is 5.56. The van der Waals surface area contributed by atoms with Gasteiger partial charge in [0.2, 0.25) is 0 Å². The van der Waals surface area contributed by atoms with Gasteiger partial charge in [0.1, 0.15) is 18.2 Å². The molecule has 3 nitrogen and oxygen atoms in total. The topological polar surface area (TPSA) is 46.8 Å². The third-order valence-corrected chi connectivity index (χ3v) is 5.56. The van der Waals surface area contributed by atoms with E-state index in [4.69, 9.17) is 4.42 Å². The number of quaternary nitrogens is 1. The lowest BCUT2D eigenvalue weighted by Crippen LogP contribution is -2.84. The molecule has 128 valence electrons. The number of rotatable bonds is 3. The molecule has 1 aromatic heterocycles. The van der Waals surface area contributed by atoms with Crippen LogP contribution in [0.15, 0.2) is 51.7 Å². The van der Waals surface area contributed by atoms with Gasteiger partial charge in [-0.15, -0.1) is 0 Å². The van der Waals surface area contributed by atoms with Crippen LogP contribution in [0, 0.1) is 13.8 Å². The number of nitrogens with two attached hydrogens (primary N) is 1. The summed E-state index contributed by atoms with van der Waals surface area (Å²) in [5.41, 5.74) is 6.68. The van der Waals surface area contributed by atoms with Crippen LogP contribution in [0.4, 0.5) is 0 Å². The Morgan fingerprint density at radius 1 is 1.16 bits per heavy atom. The van der Waals surface area contributed by atoms with Gasteiger partial charge in [-0.1, -0.05) is 36.4 Å². The predicted octanol–water partition coefficient (Wildman–Crippen LogP) is 3.55. The van der Waals surface area contributed by atoms with E-state index in [0.29, 0.717) is 6.04 Å². The first kappa shape index (κ1) is 16.1. The van der Waals surface area contributed by atoms with Crippen LogP contribution in [0.5, 0.6) is 0 Å². The summed E-state index contributed by atoms with van der Waals surface area (Å²) in [7, 11) is 0. The normalized spacial score (nSPS) is 16.8. The Morgan fingerprint density at radius 2 is 2.00 bits per heavy atom. The Hall–Kier alpha value is -2.39. The molecule has 3 aromatic rings. The summed E-state index contributed by atoms with van der Waals surface area (Å²) in [5, 5.41) is 3.43. The molecule has 4 rings (SSSR count). The fraction of sp³-hybridized carbons (Fsp3) is 0.318. The Kier molecular flexibility index (Phi) is 4.18. The minimum absolute atomic E-state index is 0.256. The van der Waals surface area contributed by atoms with Gasteiger partial charge < -0.3 is 9.73 Å². The highest BCUT2D eigenvalue weighted by Gasteiger charge is 2.22. The number of hydrogen-bond acceptors (Lipinski definition) is 2. The molecule has 1 aliphatic rings. The molecule has 0 radical (unpaired) electrons. The van der Waals surface area contributed by atoms with Crippen LogP contribution in [0.2, 0.25) is 0 Å². The molecule has 0 spiro atoms. The van der Waals surface area contributed by atoms with Crippen LogP contribution in [-0.4, -0.2) is 0 Å². The van der Waals surface area contributed by atoms with E-state index >= 15 is 0 Å². The summed E-state index contributed by atoms with van der Waals surface area (Å²) in [6.07, 6.45) is 3.60. The fourth-order valence-corrected chi connectivity index (χ4v) is 4.00. The minimum atomic E-state index is -0.256. The molecular formula is C22H24NO2+. The first-order chi connectivity index (χ1) is 12.1. The van der Waals surface area contributed by atoms with Gasteiger partial charge in [-0.3, -0.25) is 0 Å². The van der Waals surface area contributed by atoms with E-state index < -0.39 is 0 Å². The lowest BCUT2D eigenvalue weighted by molar-refractivity contribution is -0.712. The van der Waals surface area contributed by atoms with Crippen LogP contribution in [0.3, 0.4) is 0 Å². The summed E-state index contributed by atoms with van der Waals surface area (Å²) in [6.45, 7) is 4.86. The van der Waals surface area contributed by atoms with Gasteiger partial charge >= 0.3 is 5.63 Å². The molecule has 0 fully saturated rings. The van der Waals surface area contributed by atoms with E-state index in [1.807, 2.05) is 13.8 Å². The lowest BCUT2D eigenvalue weighted by atomic mass is 9.87. The zero-order valence-corrected chi connectivity index (χ0v) is 14.8. The maximum atomic E-state index is 12.0. The van der Waals surface area contributed by atoms with Crippen LogP contribution in [0.1, 0.15) is 46.7 Å². The van der Waals surface area contributed by atoms with E-state index in [9.17, 15) is 4.79 Å². The van der Waals surface area contributed by atoms with Gasteiger partial charge in [-0.2, -0.15) is 0 Å². The number of hydrogen-bond donors (Lipinski definition) is 1. The second kappa shape index (κ2) is 6.49. The average Bonchev–Trinajstić information content (AvgIpc) is 2.63. The zero-order valence-electron chi connectivity index (χ0n) is 14.8. The molecule has 0 saturated carbocycles. The van der Waals surface area contributed by atoms with Gasteiger partial charge in [0.15, 0.2) is 0 Å². The summed E-state index contributed by atoms with van der Waals surface area (Å²) in [5.74, 6) is 0. The summed E-state index contributed by atoms with van der Waals surface area (Å²) in [6, 6.07) is 15.1. The molecule has 2 aromatic carbocycles. The van der Waals surface area contributed by atoms with Gasteiger partial charge in [-0.05, 0) is 43.4 Å². The van der Waals surface area contributed by atoms with Gasteiger partial charge in [-0.25, -0.2) is 4.79 Å². The maximum Gasteiger partial charge on any atom is 0.336 e.